The molecule has 0 bridgehead atoms. The zero-order valence-corrected chi connectivity index (χ0v) is 19.1. The molecule has 1 aromatic heterocycles. The number of benzene rings is 2. The molecule has 0 spiro atoms. The molecule has 0 radical (unpaired) electrons. The van der Waals surface area contributed by atoms with E-state index in [9.17, 15) is 26.3 Å². The number of fused-ring (bicyclic) bond motifs is 1. The Kier molecular flexibility index (Phi) is 10.3. The summed E-state index contributed by atoms with van der Waals surface area (Å²) in [4.78, 5) is 27.7. The first-order valence-corrected chi connectivity index (χ1v) is 10.8. The number of nitrogens with one attached hydrogen (secondary N) is 1. The van der Waals surface area contributed by atoms with Gasteiger partial charge in [-0.25, -0.2) is 14.6 Å². The Bertz CT molecular complexity index is 1130. The number of rotatable bonds is 4. The number of piperidine rings is 1. The highest BCUT2D eigenvalue weighted by Gasteiger charge is 2.38. The van der Waals surface area contributed by atoms with E-state index in [0.29, 0.717) is 0 Å². The Balaban J connectivity index is 0.000000286. The second-order valence-electron chi connectivity index (χ2n) is 7.77. The molecule has 1 saturated heterocycles. The number of likely N-dealkylation sites (tertiary alicyclic amines) is 1. The van der Waals surface area contributed by atoms with Crippen molar-refractivity contribution in [3.63, 3.8) is 0 Å². The van der Waals surface area contributed by atoms with Crippen LogP contribution in [0.15, 0.2) is 48.8 Å². The van der Waals surface area contributed by atoms with Gasteiger partial charge in [0.2, 0.25) is 0 Å². The molecular weight excluding hydrogens is 512 g/mol. The minimum atomic E-state index is -5.08. The first-order chi connectivity index (χ1) is 17.3. The fourth-order valence-electron chi connectivity index (χ4n) is 3.15. The van der Waals surface area contributed by atoms with E-state index in [1.165, 1.54) is 37.9 Å². The minimum absolute atomic E-state index is 0.813. The standard InChI is InChI=1S/C19H21N3O.2C2HF3O2/c1-2-10-22(11-3-1)13-15-4-6-16(7-5-15)23-17-8-9-18-19(12-17)21-14-20-18;2*3-2(4,5)1(6)7/h4-9,12,14H,1-3,10-11,13H2,(H,20,21);2*(H,6,7). The lowest BCUT2D eigenvalue weighted by Gasteiger charge is -2.26. The smallest absolute Gasteiger partial charge is 0.475 e. The van der Waals surface area contributed by atoms with Gasteiger partial charge in [-0.3, -0.25) is 4.90 Å². The van der Waals surface area contributed by atoms with Crippen molar-refractivity contribution >= 4 is 23.0 Å². The number of halogens is 6. The van der Waals surface area contributed by atoms with Crippen LogP contribution in [-0.4, -0.2) is 62.5 Å². The predicted molar refractivity (Wildman–Crippen MR) is 119 cm³/mol. The van der Waals surface area contributed by atoms with Crippen molar-refractivity contribution in [1.82, 2.24) is 14.9 Å². The Morgan fingerprint density at radius 3 is 1.89 bits per heavy atom. The van der Waals surface area contributed by atoms with Crippen molar-refractivity contribution in [2.24, 2.45) is 0 Å². The lowest BCUT2D eigenvalue weighted by atomic mass is 10.1. The second-order valence-corrected chi connectivity index (χ2v) is 7.77. The Morgan fingerprint density at radius 2 is 1.38 bits per heavy atom. The lowest BCUT2D eigenvalue weighted by molar-refractivity contribution is -0.193. The molecule has 0 amide bonds. The van der Waals surface area contributed by atoms with Crippen LogP contribution >= 0.6 is 0 Å². The summed E-state index contributed by atoms with van der Waals surface area (Å²) >= 11 is 0. The molecule has 3 N–H and O–H groups in total. The first-order valence-electron chi connectivity index (χ1n) is 10.8. The van der Waals surface area contributed by atoms with Gasteiger partial charge in [0, 0.05) is 12.6 Å². The molecule has 1 aliphatic rings. The number of aromatic amines is 1. The van der Waals surface area contributed by atoms with Gasteiger partial charge in [0.05, 0.1) is 17.4 Å². The molecule has 37 heavy (non-hydrogen) atoms. The van der Waals surface area contributed by atoms with E-state index in [1.807, 2.05) is 30.3 Å². The van der Waals surface area contributed by atoms with Gasteiger partial charge in [-0.1, -0.05) is 18.6 Å². The van der Waals surface area contributed by atoms with E-state index < -0.39 is 24.3 Å². The lowest BCUT2D eigenvalue weighted by Crippen LogP contribution is -2.28. The highest BCUT2D eigenvalue weighted by molar-refractivity contribution is 5.76. The number of aliphatic carboxylic acids is 2. The van der Waals surface area contributed by atoms with Gasteiger partial charge in [-0.2, -0.15) is 26.3 Å². The third kappa shape index (κ3) is 10.4. The predicted octanol–water partition coefficient (Wildman–Crippen LogP) is 5.61. The summed E-state index contributed by atoms with van der Waals surface area (Å²) in [6.45, 7) is 3.49. The average Bonchev–Trinajstić information content (AvgIpc) is 3.29. The highest BCUT2D eigenvalue weighted by atomic mass is 19.4. The third-order valence-electron chi connectivity index (χ3n) is 4.89. The summed E-state index contributed by atoms with van der Waals surface area (Å²) in [6.07, 6.45) is -4.43. The zero-order valence-electron chi connectivity index (χ0n) is 19.1. The van der Waals surface area contributed by atoms with E-state index in [1.54, 1.807) is 6.33 Å². The van der Waals surface area contributed by atoms with Gasteiger partial charge in [0.25, 0.3) is 0 Å². The molecule has 0 aliphatic carbocycles. The van der Waals surface area contributed by atoms with Gasteiger partial charge in [0.1, 0.15) is 11.5 Å². The number of aromatic nitrogens is 2. The largest absolute Gasteiger partial charge is 0.490 e. The maximum atomic E-state index is 10.6. The van der Waals surface area contributed by atoms with Crippen molar-refractivity contribution < 1.29 is 50.9 Å². The van der Waals surface area contributed by atoms with Crippen molar-refractivity contribution in [2.45, 2.75) is 38.2 Å². The molecule has 0 unspecified atom stereocenters. The average molecular weight is 535 g/mol. The maximum Gasteiger partial charge on any atom is 0.490 e. The fraction of sp³-hybridized carbons (Fsp3) is 0.348. The molecule has 3 aromatic rings. The highest BCUT2D eigenvalue weighted by Crippen LogP contribution is 2.25. The van der Waals surface area contributed by atoms with Crippen LogP contribution in [0.4, 0.5) is 26.3 Å². The van der Waals surface area contributed by atoms with Crippen LogP contribution in [-0.2, 0) is 16.1 Å². The summed E-state index contributed by atoms with van der Waals surface area (Å²) in [5.41, 5.74) is 3.29. The Labute approximate surface area is 206 Å². The van der Waals surface area contributed by atoms with Gasteiger partial charge < -0.3 is 19.9 Å². The summed E-state index contributed by atoms with van der Waals surface area (Å²) in [5, 5.41) is 14.2. The van der Waals surface area contributed by atoms with Gasteiger partial charge >= 0.3 is 24.3 Å². The third-order valence-corrected chi connectivity index (χ3v) is 4.89. The number of carbonyl (C=O) groups is 2. The second kappa shape index (κ2) is 12.9. The van der Waals surface area contributed by atoms with Crippen LogP contribution in [0, 0.1) is 0 Å². The minimum Gasteiger partial charge on any atom is -0.475 e. The first kappa shape index (κ1) is 29.4. The van der Waals surface area contributed by atoms with Crippen LogP contribution in [0.1, 0.15) is 24.8 Å². The van der Waals surface area contributed by atoms with E-state index in [4.69, 9.17) is 24.5 Å². The van der Waals surface area contributed by atoms with E-state index >= 15 is 0 Å². The monoisotopic (exact) mass is 535 g/mol. The topological polar surface area (TPSA) is 116 Å². The molecule has 0 saturated carbocycles. The van der Waals surface area contributed by atoms with Crippen LogP contribution in [0.25, 0.3) is 11.0 Å². The summed E-state index contributed by atoms with van der Waals surface area (Å²) in [7, 11) is 0. The van der Waals surface area contributed by atoms with E-state index in [-0.39, 0.29) is 0 Å². The number of carboxylic acids is 2. The zero-order chi connectivity index (χ0) is 27.6. The fourth-order valence-corrected chi connectivity index (χ4v) is 3.15. The molecule has 4 rings (SSSR count). The van der Waals surface area contributed by atoms with E-state index in [0.717, 1.165) is 29.1 Å². The Hall–Kier alpha value is -3.81. The SMILES string of the molecule is O=C(O)C(F)(F)F.O=C(O)C(F)(F)F.c1nc2cc(Oc3ccc(CN4CCCCC4)cc3)ccc2[nH]1. The van der Waals surface area contributed by atoms with Gasteiger partial charge in [-0.05, 0) is 55.8 Å². The molecule has 1 fully saturated rings. The maximum absolute atomic E-state index is 10.6. The molecule has 2 heterocycles. The summed E-state index contributed by atoms with van der Waals surface area (Å²) in [6, 6.07) is 14.3. The van der Waals surface area contributed by atoms with E-state index in [2.05, 4.69) is 27.0 Å². The number of H-pyrrole nitrogens is 1. The molecule has 2 aromatic carbocycles. The molecule has 1 aliphatic heterocycles. The van der Waals surface area contributed by atoms with Crippen LogP contribution < -0.4 is 4.74 Å². The number of hydrogen-bond donors (Lipinski definition) is 3. The number of carboxylic acid groups (broad SMARTS) is 2. The van der Waals surface area contributed by atoms with Crippen LogP contribution in [0.3, 0.4) is 0 Å². The van der Waals surface area contributed by atoms with Gasteiger partial charge in [-0.15, -0.1) is 0 Å². The van der Waals surface area contributed by atoms with Crippen LogP contribution in [0.5, 0.6) is 11.5 Å². The Morgan fingerprint density at radius 1 is 0.865 bits per heavy atom. The number of imidazole rings is 1. The van der Waals surface area contributed by atoms with Crippen molar-refractivity contribution in [3.8, 4) is 11.5 Å². The molecule has 8 nitrogen and oxygen atoms in total. The number of ether oxygens (including phenoxy) is 1. The normalized spacial score (nSPS) is 14.1. The molecule has 0 atom stereocenters. The molecular formula is C23H23F6N3O5. The molecule has 14 heteroatoms. The van der Waals surface area contributed by atoms with Crippen molar-refractivity contribution in [2.75, 3.05) is 13.1 Å². The van der Waals surface area contributed by atoms with Crippen LogP contribution in [0.2, 0.25) is 0 Å². The number of alkyl halides is 6. The number of nitrogens with zero attached hydrogens (tertiary/aromatic N) is 2. The van der Waals surface area contributed by atoms with Crippen molar-refractivity contribution in [1.29, 1.82) is 0 Å². The summed E-state index contributed by atoms with van der Waals surface area (Å²) < 4.78 is 69.4. The van der Waals surface area contributed by atoms with Gasteiger partial charge in [0.15, 0.2) is 0 Å². The quantitative estimate of drug-likeness (QED) is 0.372. The number of hydrogen-bond acceptors (Lipinski definition) is 5. The summed E-state index contributed by atoms with van der Waals surface area (Å²) in [5.74, 6) is -3.84. The molecule has 202 valence electrons. The van der Waals surface area contributed by atoms with Crippen molar-refractivity contribution in [3.05, 3.63) is 54.4 Å².